The second-order valence-corrected chi connectivity index (χ2v) is 5.78. The minimum atomic E-state index is 0.274. The van der Waals surface area contributed by atoms with E-state index in [0.29, 0.717) is 6.10 Å². The summed E-state index contributed by atoms with van der Waals surface area (Å²) in [7, 11) is 0. The maximum absolute atomic E-state index is 6.32. The van der Waals surface area contributed by atoms with E-state index < -0.39 is 0 Å². The number of hydrogen-bond acceptors (Lipinski definition) is 3. The Hall–Kier alpha value is -0.120. The first-order chi connectivity index (χ1) is 8.85. The van der Waals surface area contributed by atoms with Gasteiger partial charge < -0.3 is 14.8 Å². The second kappa shape index (κ2) is 7.46. The van der Waals surface area contributed by atoms with Crippen LogP contribution in [0.1, 0.15) is 58.3 Å². The lowest BCUT2D eigenvalue weighted by atomic mass is 9.83. The smallest absolute Gasteiger partial charge is 0.0708 e. The number of nitrogens with one attached hydrogen (secondary N) is 1. The lowest BCUT2D eigenvalue weighted by molar-refractivity contribution is -0.0623. The minimum Gasteiger partial charge on any atom is -0.382 e. The zero-order valence-electron chi connectivity index (χ0n) is 11.9. The molecule has 18 heavy (non-hydrogen) atoms. The predicted octanol–water partition coefficient (Wildman–Crippen LogP) is 2.88. The molecule has 0 aromatic carbocycles. The van der Waals surface area contributed by atoms with Crippen LogP contribution in [0.4, 0.5) is 0 Å². The molecule has 106 valence electrons. The molecule has 1 atom stereocenters. The summed E-state index contributed by atoms with van der Waals surface area (Å²) in [6, 6.07) is 0. The minimum absolute atomic E-state index is 0.274. The Morgan fingerprint density at radius 1 is 1.22 bits per heavy atom. The summed E-state index contributed by atoms with van der Waals surface area (Å²) in [5.74, 6) is 0. The van der Waals surface area contributed by atoms with Crippen LogP contribution in [-0.2, 0) is 9.47 Å². The maximum Gasteiger partial charge on any atom is 0.0708 e. The summed E-state index contributed by atoms with van der Waals surface area (Å²) in [4.78, 5) is 0. The van der Waals surface area contributed by atoms with Crippen LogP contribution in [0, 0.1) is 0 Å². The third-order valence-electron chi connectivity index (χ3n) is 4.32. The van der Waals surface area contributed by atoms with Gasteiger partial charge in [-0.1, -0.05) is 19.3 Å². The van der Waals surface area contributed by atoms with Crippen LogP contribution < -0.4 is 5.32 Å². The first-order valence-electron chi connectivity index (χ1n) is 7.81. The van der Waals surface area contributed by atoms with E-state index in [1.807, 2.05) is 6.92 Å². The van der Waals surface area contributed by atoms with Crippen LogP contribution in [0.15, 0.2) is 0 Å². The summed E-state index contributed by atoms with van der Waals surface area (Å²) < 4.78 is 11.6. The molecule has 0 aromatic heterocycles. The molecule has 1 unspecified atom stereocenters. The highest BCUT2D eigenvalue weighted by Crippen LogP contribution is 2.41. The average molecular weight is 255 g/mol. The topological polar surface area (TPSA) is 30.5 Å². The Balaban J connectivity index is 1.55. The summed E-state index contributed by atoms with van der Waals surface area (Å²) in [6.07, 6.45) is 10.8. The summed E-state index contributed by atoms with van der Waals surface area (Å²) >= 11 is 0. The Kier molecular flexibility index (Phi) is 5.93. The number of rotatable bonds is 7. The molecule has 1 spiro atoms. The Bertz CT molecular complexity index is 227. The fraction of sp³-hybridized carbons (Fsp3) is 1.00. The molecule has 0 aromatic rings. The van der Waals surface area contributed by atoms with E-state index in [0.717, 1.165) is 32.7 Å². The van der Waals surface area contributed by atoms with Crippen LogP contribution in [0.3, 0.4) is 0 Å². The zero-order valence-corrected chi connectivity index (χ0v) is 11.9. The molecule has 1 aliphatic carbocycles. The second-order valence-electron chi connectivity index (χ2n) is 5.78. The number of hydrogen-bond donors (Lipinski definition) is 1. The van der Waals surface area contributed by atoms with Crippen LogP contribution in [0.2, 0.25) is 0 Å². The molecule has 2 fully saturated rings. The van der Waals surface area contributed by atoms with Gasteiger partial charge in [-0.15, -0.1) is 0 Å². The fourth-order valence-electron chi connectivity index (χ4n) is 3.31. The van der Waals surface area contributed by atoms with Crippen molar-refractivity contribution in [3.8, 4) is 0 Å². The van der Waals surface area contributed by atoms with Gasteiger partial charge in [0.15, 0.2) is 0 Å². The quantitative estimate of drug-likeness (QED) is 0.710. The zero-order chi connectivity index (χ0) is 12.7. The van der Waals surface area contributed by atoms with Crippen LogP contribution in [-0.4, -0.2) is 38.0 Å². The van der Waals surface area contributed by atoms with Gasteiger partial charge in [0, 0.05) is 19.8 Å². The monoisotopic (exact) mass is 255 g/mol. The Morgan fingerprint density at radius 2 is 2.06 bits per heavy atom. The molecule has 2 aliphatic rings. The van der Waals surface area contributed by atoms with Crippen LogP contribution >= 0.6 is 0 Å². The summed E-state index contributed by atoms with van der Waals surface area (Å²) in [6.45, 7) is 5.82. The molecule has 1 N–H and O–H groups in total. The molecule has 0 radical (unpaired) electrons. The molecule has 1 saturated carbocycles. The molecule has 1 heterocycles. The molecule has 3 heteroatoms. The van der Waals surface area contributed by atoms with Crippen molar-refractivity contribution < 1.29 is 9.47 Å². The van der Waals surface area contributed by atoms with E-state index in [9.17, 15) is 0 Å². The fourth-order valence-corrected chi connectivity index (χ4v) is 3.31. The number of ether oxygens (including phenoxy) is 2. The lowest BCUT2D eigenvalue weighted by Crippen LogP contribution is -2.35. The molecule has 0 bridgehead atoms. The highest BCUT2D eigenvalue weighted by molar-refractivity contribution is 4.91. The van der Waals surface area contributed by atoms with Crippen molar-refractivity contribution in [3.05, 3.63) is 0 Å². The third-order valence-corrected chi connectivity index (χ3v) is 4.32. The van der Waals surface area contributed by atoms with Gasteiger partial charge >= 0.3 is 0 Å². The predicted molar refractivity (Wildman–Crippen MR) is 73.9 cm³/mol. The standard InChI is InChI=1S/C15H29NO2/c1-2-17-12-6-11-16-13-14-7-10-15(18-14)8-4-3-5-9-15/h14,16H,2-13H2,1H3. The van der Waals surface area contributed by atoms with E-state index in [-0.39, 0.29) is 5.60 Å². The highest BCUT2D eigenvalue weighted by atomic mass is 16.5. The van der Waals surface area contributed by atoms with Crippen molar-refractivity contribution in [3.63, 3.8) is 0 Å². The van der Waals surface area contributed by atoms with Crippen molar-refractivity contribution >= 4 is 0 Å². The largest absolute Gasteiger partial charge is 0.382 e. The van der Waals surface area contributed by atoms with Gasteiger partial charge in [-0.25, -0.2) is 0 Å². The van der Waals surface area contributed by atoms with Gasteiger partial charge in [0.25, 0.3) is 0 Å². The lowest BCUT2D eigenvalue weighted by Gasteiger charge is -2.33. The van der Waals surface area contributed by atoms with Gasteiger partial charge in [-0.05, 0) is 45.6 Å². The first-order valence-corrected chi connectivity index (χ1v) is 7.81. The van der Waals surface area contributed by atoms with E-state index >= 15 is 0 Å². The molecule has 3 nitrogen and oxygen atoms in total. The van der Waals surface area contributed by atoms with Gasteiger partial charge in [0.2, 0.25) is 0 Å². The molecule has 1 aliphatic heterocycles. The average Bonchev–Trinajstić information content (AvgIpc) is 2.78. The Labute approximate surface area is 112 Å². The van der Waals surface area contributed by atoms with Crippen LogP contribution in [0.5, 0.6) is 0 Å². The molecular formula is C15H29NO2. The van der Waals surface area contributed by atoms with Gasteiger partial charge in [0.05, 0.1) is 11.7 Å². The SMILES string of the molecule is CCOCCCNCC1CCC2(CCCCC2)O1. The van der Waals surface area contributed by atoms with Gasteiger partial charge in [-0.3, -0.25) is 0 Å². The molecule has 2 rings (SSSR count). The summed E-state index contributed by atoms with van der Waals surface area (Å²) in [5.41, 5.74) is 0.274. The van der Waals surface area contributed by atoms with Crippen molar-refractivity contribution in [2.45, 2.75) is 70.0 Å². The first kappa shape index (κ1) is 14.3. The third kappa shape index (κ3) is 4.22. The van der Waals surface area contributed by atoms with Gasteiger partial charge in [-0.2, -0.15) is 0 Å². The Morgan fingerprint density at radius 3 is 2.83 bits per heavy atom. The molecule has 0 amide bonds. The maximum atomic E-state index is 6.32. The summed E-state index contributed by atoms with van der Waals surface area (Å²) in [5, 5.41) is 3.50. The van der Waals surface area contributed by atoms with Crippen LogP contribution in [0.25, 0.3) is 0 Å². The van der Waals surface area contributed by atoms with Crippen molar-refractivity contribution in [2.24, 2.45) is 0 Å². The van der Waals surface area contributed by atoms with Crippen molar-refractivity contribution in [1.82, 2.24) is 5.32 Å². The van der Waals surface area contributed by atoms with Gasteiger partial charge in [0.1, 0.15) is 0 Å². The highest BCUT2D eigenvalue weighted by Gasteiger charge is 2.40. The van der Waals surface area contributed by atoms with Crippen molar-refractivity contribution in [2.75, 3.05) is 26.3 Å². The molecule has 1 saturated heterocycles. The molecular weight excluding hydrogens is 226 g/mol. The van der Waals surface area contributed by atoms with E-state index in [1.165, 1.54) is 44.9 Å². The van der Waals surface area contributed by atoms with E-state index in [2.05, 4.69) is 5.32 Å². The van der Waals surface area contributed by atoms with E-state index in [4.69, 9.17) is 9.47 Å². The van der Waals surface area contributed by atoms with E-state index in [1.54, 1.807) is 0 Å². The van der Waals surface area contributed by atoms with Crippen molar-refractivity contribution in [1.29, 1.82) is 0 Å². The normalized spacial score (nSPS) is 26.8.